The van der Waals surface area contributed by atoms with Gasteiger partial charge in [-0.3, -0.25) is 4.79 Å². The van der Waals surface area contributed by atoms with Crippen LogP contribution in [0.4, 0.5) is 0 Å². The standard InChI is InChI=1S/C12H10N2O/c13-5-7-4-10-11(6-14-7)8-2-1-3-9(8)12(10)15/h4,6,8-9H,1-3H2. The third kappa shape index (κ3) is 1.05. The summed E-state index contributed by atoms with van der Waals surface area (Å²) >= 11 is 0. The first-order valence-electron chi connectivity index (χ1n) is 5.25. The molecular formula is C12H10N2O. The number of pyridine rings is 1. The number of carbonyl (C=O) groups excluding carboxylic acids is 1. The Hall–Kier alpha value is -1.69. The Morgan fingerprint density at radius 3 is 3.00 bits per heavy atom. The van der Waals surface area contributed by atoms with E-state index < -0.39 is 0 Å². The molecule has 1 saturated carbocycles. The minimum absolute atomic E-state index is 0.177. The highest BCUT2D eigenvalue weighted by molar-refractivity contribution is 6.03. The van der Waals surface area contributed by atoms with Gasteiger partial charge in [0.1, 0.15) is 11.8 Å². The van der Waals surface area contributed by atoms with E-state index >= 15 is 0 Å². The van der Waals surface area contributed by atoms with Gasteiger partial charge in [-0.25, -0.2) is 4.98 Å². The highest BCUT2D eigenvalue weighted by Gasteiger charge is 2.42. The molecule has 3 rings (SSSR count). The summed E-state index contributed by atoms with van der Waals surface area (Å²) in [5.74, 6) is 0.787. The largest absolute Gasteiger partial charge is 0.294 e. The molecule has 0 spiro atoms. The van der Waals surface area contributed by atoms with Crippen LogP contribution in [0.15, 0.2) is 12.3 Å². The Kier molecular flexibility index (Phi) is 1.66. The molecule has 0 aromatic carbocycles. The molecular weight excluding hydrogens is 188 g/mol. The maximum Gasteiger partial charge on any atom is 0.167 e. The third-order valence-electron chi connectivity index (χ3n) is 3.57. The van der Waals surface area contributed by atoms with Crippen LogP contribution in [0.25, 0.3) is 0 Å². The van der Waals surface area contributed by atoms with Crippen LogP contribution in [0.5, 0.6) is 0 Å². The molecule has 2 aliphatic rings. The number of ketones is 1. The molecule has 0 bridgehead atoms. The van der Waals surface area contributed by atoms with Crippen LogP contribution in [0.1, 0.15) is 46.8 Å². The van der Waals surface area contributed by atoms with E-state index in [-0.39, 0.29) is 11.7 Å². The number of Topliss-reactive ketones (excluding diaryl/α,β-unsaturated/α-hetero) is 1. The molecule has 1 aromatic rings. The van der Waals surface area contributed by atoms with Gasteiger partial charge in [0.25, 0.3) is 0 Å². The van der Waals surface area contributed by atoms with Gasteiger partial charge < -0.3 is 0 Å². The molecule has 74 valence electrons. The van der Waals surface area contributed by atoms with Gasteiger partial charge in [0, 0.05) is 17.7 Å². The number of carbonyl (C=O) groups is 1. The average Bonchev–Trinajstić information content (AvgIpc) is 2.83. The number of hydrogen-bond acceptors (Lipinski definition) is 3. The maximum absolute atomic E-state index is 12.0. The molecule has 3 heteroatoms. The molecule has 0 aliphatic heterocycles. The Balaban J connectivity index is 2.16. The van der Waals surface area contributed by atoms with Gasteiger partial charge in [-0.05, 0) is 30.4 Å². The van der Waals surface area contributed by atoms with Crippen molar-refractivity contribution in [3.8, 4) is 6.07 Å². The van der Waals surface area contributed by atoms with Gasteiger partial charge in [-0.1, -0.05) is 6.42 Å². The van der Waals surface area contributed by atoms with Crippen molar-refractivity contribution in [2.45, 2.75) is 25.2 Å². The Bertz CT molecular complexity index is 487. The van der Waals surface area contributed by atoms with Gasteiger partial charge in [-0.2, -0.15) is 5.26 Å². The smallest absolute Gasteiger partial charge is 0.167 e. The van der Waals surface area contributed by atoms with Crippen molar-refractivity contribution < 1.29 is 4.79 Å². The lowest BCUT2D eigenvalue weighted by atomic mass is 9.97. The summed E-state index contributed by atoms with van der Waals surface area (Å²) in [6, 6.07) is 3.63. The molecule has 1 aromatic heterocycles. The van der Waals surface area contributed by atoms with Crippen LogP contribution in [0.2, 0.25) is 0 Å². The normalized spacial score (nSPS) is 27.3. The minimum Gasteiger partial charge on any atom is -0.294 e. The van der Waals surface area contributed by atoms with Gasteiger partial charge in [0.2, 0.25) is 0 Å². The number of nitrogens with zero attached hydrogens (tertiary/aromatic N) is 2. The lowest BCUT2D eigenvalue weighted by molar-refractivity contribution is 0.0932. The third-order valence-corrected chi connectivity index (χ3v) is 3.57. The number of fused-ring (bicyclic) bond motifs is 3. The Labute approximate surface area is 87.7 Å². The Morgan fingerprint density at radius 1 is 1.40 bits per heavy atom. The lowest BCUT2D eigenvalue weighted by Crippen LogP contribution is -2.06. The zero-order valence-electron chi connectivity index (χ0n) is 8.23. The van der Waals surface area contributed by atoms with Crippen molar-refractivity contribution in [3.05, 3.63) is 29.1 Å². The highest BCUT2D eigenvalue weighted by Crippen LogP contribution is 2.47. The van der Waals surface area contributed by atoms with Gasteiger partial charge >= 0.3 is 0 Å². The summed E-state index contributed by atoms with van der Waals surface area (Å²) < 4.78 is 0. The number of aromatic nitrogens is 1. The predicted octanol–water partition coefficient (Wildman–Crippen LogP) is 2.03. The Morgan fingerprint density at radius 2 is 2.20 bits per heavy atom. The van der Waals surface area contributed by atoms with Crippen LogP contribution >= 0.6 is 0 Å². The summed E-state index contributed by atoms with van der Waals surface area (Å²) in [5.41, 5.74) is 2.17. The second kappa shape index (κ2) is 2.90. The van der Waals surface area contributed by atoms with E-state index in [9.17, 15) is 4.79 Å². The van der Waals surface area contributed by atoms with Crippen LogP contribution < -0.4 is 0 Å². The zero-order chi connectivity index (χ0) is 10.4. The van der Waals surface area contributed by atoms with E-state index in [2.05, 4.69) is 4.98 Å². The fraction of sp³-hybridized carbons (Fsp3) is 0.417. The van der Waals surface area contributed by atoms with E-state index in [1.807, 2.05) is 6.07 Å². The fourth-order valence-electron chi connectivity index (χ4n) is 2.88. The van der Waals surface area contributed by atoms with Crippen molar-refractivity contribution >= 4 is 5.78 Å². The first-order chi connectivity index (χ1) is 7.31. The van der Waals surface area contributed by atoms with Gasteiger partial charge in [-0.15, -0.1) is 0 Å². The SMILES string of the molecule is N#Cc1cc2c(cn1)C1CCCC1C2=O. The number of nitriles is 1. The van der Waals surface area contributed by atoms with Crippen molar-refractivity contribution in [1.82, 2.24) is 4.98 Å². The van der Waals surface area contributed by atoms with E-state index in [0.717, 1.165) is 30.4 Å². The lowest BCUT2D eigenvalue weighted by Gasteiger charge is -2.06. The molecule has 0 radical (unpaired) electrons. The highest BCUT2D eigenvalue weighted by atomic mass is 16.1. The topological polar surface area (TPSA) is 53.8 Å². The molecule has 2 atom stereocenters. The van der Waals surface area contributed by atoms with E-state index in [1.54, 1.807) is 12.3 Å². The van der Waals surface area contributed by atoms with Crippen molar-refractivity contribution in [1.29, 1.82) is 5.26 Å². The summed E-state index contributed by atoms with van der Waals surface area (Å²) in [5, 5.41) is 8.73. The van der Waals surface area contributed by atoms with E-state index in [0.29, 0.717) is 11.6 Å². The summed E-state index contributed by atoms with van der Waals surface area (Å²) in [6.45, 7) is 0. The summed E-state index contributed by atoms with van der Waals surface area (Å²) in [6.07, 6.45) is 4.96. The summed E-state index contributed by atoms with van der Waals surface area (Å²) in [7, 11) is 0. The van der Waals surface area contributed by atoms with Crippen molar-refractivity contribution in [2.24, 2.45) is 5.92 Å². The molecule has 1 heterocycles. The molecule has 0 N–H and O–H groups in total. The first-order valence-corrected chi connectivity index (χ1v) is 5.25. The predicted molar refractivity (Wildman–Crippen MR) is 53.4 cm³/mol. The molecule has 1 fully saturated rings. The number of hydrogen-bond donors (Lipinski definition) is 0. The van der Waals surface area contributed by atoms with Crippen LogP contribution in [0, 0.1) is 17.2 Å². The number of rotatable bonds is 0. The maximum atomic E-state index is 12.0. The van der Waals surface area contributed by atoms with E-state index in [1.165, 1.54) is 0 Å². The molecule has 2 unspecified atom stereocenters. The fourth-order valence-corrected chi connectivity index (χ4v) is 2.88. The van der Waals surface area contributed by atoms with Crippen molar-refractivity contribution in [3.63, 3.8) is 0 Å². The van der Waals surface area contributed by atoms with Crippen LogP contribution in [-0.2, 0) is 0 Å². The van der Waals surface area contributed by atoms with Crippen LogP contribution in [-0.4, -0.2) is 10.8 Å². The van der Waals surface area contributed by atoms with E-state index in [4.69, 9.17) is 5.26 Å². The zero-order valence-corrected chi connectivity index (χ0v) is 8.23. The average molecular weight is 198 g/mol. The molecule has 15 heavy (non-hydrogen) atoms. The second-order valence-electron chi connectivity index (χ2n) is 4.28. The molecule has 3 nitrogen and oxygen atoms in total. The second-order valence-corrected chi connectivity index (χ2v) is 4.28. The quantitative estimate of drug-likeness (QED) is 0.641. The van der Waals surface area contributed by atoms with Crippen molar-refractivity contribution in [2.75, 3.05) is 0 Å². The molecule has 0 saturated heterocycles. The van der Waals surface area contributed by atoms with Crippen LogP contribution in [0.3, 0.4) is 0 Å². The first kappa shape index (κ1) is 8.60. The molecule has 0 amide bonds. The summed E-state index contributed by atoms with van der Waals surface area (Å²) in [4.78, 5) is 16.1. The monoisotopic (exact) mass is 198 g/mol. The molecule has 2 aliphatic carbocycles. The van der Waals surface area contributed by atoms with Gasteiger partial charge in [0.05, 0.1) is 0 Å². The van der Waals surface area contributed by atoms with Gasteiger partial charge in [0.15, 0.2) is 5.78 Å². The minimum atomic E-state index is 0.177.